The smallest absolute Gasteiger partial charge is 0.256 e. The average molecular weight is 373 g/mol. The van der Waals surface area contributed by atoms with Crippen molar-refractivity contribution < 1.29 is 9.59 Å². The van der Waals surface area contributed by atoms with Gasteiger partial charge in [-0.2, -0.15) is 0 Å². The number of imide groups is 1. The maximum absolute atomic E-state index is 12.7. The first kappa shape index (κ1) is 15.7. The lowest BCUT2D eigenvalue weighted by Gasteiger charge is -2.18. The third-order valence-corrected chi connectivity index (χ3v) is 4.84. The van der Waals surface area contributed by atoms with Crippen molar-refractivity contribution in [2.24, 2.45) is 0 Å². The fraction of sp³-hybridized carbons (Fsp3) is 0.222. The van der Waals surface area contributed by atoms with Gasteiger partial charge >= 0.3 is 0 Å². The molecule has 2 aromatic rings. The number of hydrogen-bond donors (Lipinski definition) is 1. The Labute approximate surface area is 143 Å². The van der Waals surface area contributed by atoms with Crippen molar-refractivity contribution in [1.82, 2.24) is 0 Å². The van der Waals surface area contributed by atoms with Crippen molar-refractivity contribution in [1.29, 1.82) is 0 Å². The molecule has 1 saturated heterocycles. The summed E-state index contributed by atoms with van der Waals surface area (Å²) in [6.07, 6.45) is 0.160. The van der Waals surface area contributed by atoms with E-state index in [0.29, 0.717) is 5.69 Å². The van der Waals surface area contributed by atoms with Gasteiger partial charge in [0.1, 0.15) is 6.04 Å². The molecule has 23 heavy (non-hydrogen) atoms. The van der Waals surface area contributed by atoms with Crippen LogP contribution in [0.5, 0.6) is 0 Å². The van der Waals surface area contributed by atoms with E-state index in [1.165, 1.54) is 4.90 Å². The summed E-state index contributed by atoms with van der Waals surface area (Å²) in [6.45, 7) is 4.03. The molecule has 5 heteroatoms. The van der Waals surface area contributed by atoms with Crippen LogP contribution in [-0.4, -0.2) is 17.9 Å². The Hall–Kier alpha value is -2.14. The molecule has 2 amide bonds. The van der Waals surface area contributed by atoms with Gasteiger partial charge in [-0.3, -0.25) is 9.59 Å². The van der Waals surface area contributed by atoms with E-state index in [1.54, 1.807) is 6.07 Å². The molecule has 1 heterocycles. The zero-order chi connectivity index (χ0) is 16.6. The third-order valence-electron chi connectivity index (χ3n) is 4.17. The zero-order valence-electron chi connectivity index (χ0n) is 13.0. The summed E-state index contributed by atoms with van der Waals surface area (Å²) in [7, 11) is 0. The van der Waals surface area contributed by atoms with Gasteiger partial charge in [0.2, 0.25) is 5.91 Å². The Balaban J connectivity index is 1.87. The monoisotopic (exact) mass is 372 g/mol. The second-order valence-corrected chi connectivity index (χ2v) is 6.52. The predicted molar refractivity (Wildman–Crippen MR) is 94.6 cm³/mol. The van der Waals surface area contributed by atoms with Gasteiger partial charge in [0.05, 0.1) is 12.1 Å². The number of anilines is 2. The van der Waals surface area contributed by atoms with Crippen molar-refractivity contribution in [3.8, 4) is 0 Å². The lowest BCUT2D eigenvalue weighted by Crippen LogP contribution is -2.35. The molecular formula is C18H17BrN2O2. The molecule has 1 N–H and O–H groups in total. The zero-order valence-corrected chi connectivity index (χ0v) is 14.6. The molecule has 0 saturated carbocycles. The molecule has 0 aromatic heterocycles. The fourth-order valence-electron chi connectivity index (χ4n) is 2.73. The Morgan fingerprint density at radius 2 is 1.83 bits per heavy atom. The van der Waals surface area contributed by atoms with E-state index < -0.39 is 6.04 Å². The van der Waals surface area contributed by atoms with E-state index in [2.05, 4.69) is 21.2 Å². The lowest BCUT2D eigenvalue weighted by atomic mass is 10.1. The lowest BCUT2D eigenvalue weighted by molar-refractivity contribution is -0.121. The average Bonchev–Trinajstić information content (AvgIpc) is 2.79. The van der Waals surface area contributed by atoms with E-state index in [9.17, 15) is 9.59 Å². The largest absolute Gasteiger partial charge is 0.373 e. The second kappa shape index (κ2) is 6.16. The van der Waals surface area contributed by atoms with Crippen LogP contribution in [0.4, 0.5) is 11.4 Å². The molecular weight excluding hydrogens is 356 g/mol. The fourth-order valence-corrected chi connectivity index (χ4v) is 3.19. The number of hydrogen-bond acceptors (Lipinski definition) is 3. The third kappa shape index (κ3) is 2.88. The maximum Gasteiger partial charge on any atom is 0.256 e. The number of rotatable bonds is 3. The number of carbonyl (C=O) groups is 2. The van der Waals surface area contributed by atoms with Crippen molar-refractivity contribution >= 4 is 39.1 Å². The SMILES string of the molecule is Cc1cccc(N[C@H]2CC(=O)N(c3ccccc3Br)C2=O)c1C. The first-order valence-corrected chi connectivity index (χ1v) is 8.22. The molecule has 1 aliphatic rings. The van der Waals surface area contributed by atoms with Crippen LogP contribution in [0.25, 0.3) is 0 Å². The van der Waals surface area contributed by atoms with Crippen molar-refractivity contribution in [3.05, 3.63) is 58.1 Å². The van der Waals surface area contributed by atoms with Crippen molar-refractivity contribution in [3.63, 3.8) is 0 Å². The van der Waals surface area contributed by atoms with Crippen LogP contribution >= 0.6 is 15.9 Å². The summed E-state index contributed by atoms with van der Waals surface area (Å²) in [5.74, 6) is -0.410. The Morgan fingerprint density at radius 1 is 1.09 bits per heavy atom. The minimum Gasteiger partial charge on any atom is -0.373 e. The van der Waals surface area contributed by atoms with Gasteiger partial charge in [-0.25, -0.2) is 4.90 Å². The summed E-state index contributed by atoms with van der Waals surface area (Å²) in [4.78, 5) is 26.3. The van der Waals surface area contributed by atoms with Gasteiger partial charge in [-0.15, -0.1) is 0 Å². The first-order chi connectivity index (χ1) is 11.0. The van der Waals surface area contributed by atoms with Crippen LogP contribution in [0.3, 0.4) is 0 Å². The summed E-state index contributed by atoms with van der Waals surface area (Å²) < 4.78 is 0.731. The number of benzene rings is 2. The number of nitrogens with zero attached hydrogens (tertiary/aromatic N) is 1. The maximum atomic E-state index is 12.7. The first-order valence-electron chi connectivity index (χ1n) is 7.43. The van der Waals surface area contributed by atoms with Crippen LogP contribution < -0.4 is 10.2 Å². The molecule has 4 nitrogen and oxygen atoms in total. The van der Waals surface area contributed by atoms with Gasteiger partial charge < -0.3 is 5.32 Å². The van der Waals surface area contributed by atoms with Crippen LogP contribution in [0, 0.1) is 13.8 Å². The van der Waals surface area contributed by atoms with E-state index >= 15 is 0 Å². The molecule has 0 spiro atoms. The Bertz CT molecular complexity index is 788. The molecule has 1 aliphatic heterocycles. The van der Waals surface area contributed by atoms with Gasteiger partial charge in [-0.1, -0.05) is 24.3 Å². The standard InChI is InChI=1S/C18H17BrN2O2/c1-11-6-5-8-14(12(11)2)20-15-10-17(22)21(18(15)23)16-9-4-3-7-13(16)19/h3-9,15,20H,10H2,1-2H3/t15-/m0/s1. The normalized spacial score (nSPS) is 17.7. The second-order valence-electron chi connectivity index (χ2n) is 5.67. The molecule has 1 atom stereocenters. The molecule has 118 valence electrons. The van der Waals surface area contributed by atoms with Crippen LogP contribution in [0.2, 0.25) is 0 Å². The highest BCUT2D eigenvalue weighted by Crippen LogP contribution is 2.31. The molecule has 0 aliphatic carbocycles. The van der Waals surface area contributed by atoms with Crippen LogP contribution in [0.15, 0.2) is 46.9 Å². The van der Waals surface area contributed by atoms with Crippen LogP contribution in [-0.2, 0) is 9.59 Å². The molecule has 0 radical (unpaired) electrons. The number of para-hydroxylation sites is 1. The highest BCUT2D eigenvalue weighted by Gasteiger charge is 2.40. The highest BCUT2D eigenvalue weighted by molar-refractivity contribution is 9.10. The van der Waals surface area contributed by atoms with Crippen LogP contribution in [0.1, 0.15) is 17.5 Å². The quantitative estimate of drug-likeness (QED) is 0.833. The van der Waals surface area contributed by atoms with Crippen molar-refractivity contribution in [2.75, 3.05) is 10.2 Å². The van der Waals surface area contributed by atoms with E-state index in [0.717, 1.165) is 21.3 Å². The van der Waals surface area contributed by atoms with Gasteiger partial charge in [0.25, 0.3) is 5.91 Å². The minimum absolute atomic E-state index is 0.160. The van der Waals surface area contributed by atoms with Gasteiger partial charge in [-0.05, 0) is 59.1 Å². The summed E-state index contributed by atoms with van der Waals surface area (Å²) in [6, 6.07) is 12.6. The molecule has 0 unspecified atom stereocenters. The topological polar surface area (TPSA) is 49.4 Å². The van der Waals surface area contributed by atoms with Gasteiger partial charge in [0.15, 0.2) is 0 Å². The summed E-state index contributed by atoms with van der Waals surface area (Å²) >= 11 is 3.40. The summed E-state index contributed by atoms with van der Waals surface area (Å²) in [5, 5.41) is 3.22. The van der Waals surface area contributed by atoms with E-state index in [-0.39, 0.29) is 18.2 Å². The number of halogens is 1. The number of carbonyl (C=O) groups excluding carboxylic acids is 2. The Morgan fingerprint density at radius 3 is 2.57 bits per heavy atom. The molecule has 2 aromatic carbocycles. The Kier molecular flexibility index (Phi) is 4.22. The van der Waals surface area contributed by atoms with Crippen molar-refractivity contribution in [2.45, 2.75) is 26.3 Å². The van der Waals surface area contributed by atoms with Gasteiger partial charge in [0, 0.05) is 10.2 Å². The summed E-state index contributed by atoms with van der Waals surface area (Å²) in [5.41, 5.74) is 3.72. The minimum atomic E-state index is -0.532. The molecule has 3 rings (SSSR count). The molecule has 0 bridgehead atoms. The number of nitrogens with one attached hydrogen (secondary N) is 1. The number of aryl methyl sites for hydroxylation is 1. The van der Waals surface area contributed by atoms with E-state index in [1.807, 2.05) is 50.2 Å². The number of amides is 2. The van der Waals surface area contributed by atoms with E-state index in [4.69, 9.17) is 0 Å². The highest BCUT2D eigenvalue weighted by atomic mass is 79.9. The molecule has 1 fully saturated rings. The predicted octanol–water partition coefficient (Wildman–Crippen LogP) is 3.81.